The van der Waals surface area contributed by atoms with Gasteiger partial charge < -0.3 is 19.3 Å². The van der Waals surface area contributed by atoms with E-state index in [4.69, 9.17) is 4.74 Å². The molecule has 1 unspecified atom stereocenters. The molecule has 1 aliphatic rings. The first-order chi connectivity index (χ1) is 17.6. The number of ether oxygens (including phenoxy) is 1. The summed E-state index contributed by atoms with van der Waals surface area (Å²) in [6.07, 6.45) is 0.145. The summed E-state index contributed by atoms with van der Waals surface area (Å²) in [6, 6.07) is 3.77. The zero-order valence-corrected chi connectivity index (χ0v) is 20.5. The minimum Gasteiger partial charge on any atom is -0.491 e. The van der Waals surface area contributed by atoms with E-state index in [1.165, 1.54) is 41.0 Å². The predicted octanol–water partition coefficient (Wildman–Crippen LogP) is 4.68. The Morgan fingerprint density at radius 1 is 1.27 bits per heavy atom. The van der Waals surface area contributed by atoms with Crippen molar-refractivity contribution in [2.24, 2.45) is 0 Å². The molecule has 1 atom stereocenters. The molecule has 3 aromatic rings. The number of halogens is 3. The van der Waals surface area contributed by atoms with Gasteiger partial charge in [-0.2, -0.15) is 0 Å². The summed E-state index contributed by atoms with van der Waals surface area (Å²) < 4.78 is 48.9. The molecule has 0 saturated heterocycles. The summed E-state index contributed by atoms with van der Waals surface area (Å²) in [4.78, 5) is 35.5. The number of anilines is 1. The van der Waals surface area contributed by atoms with Crippen molar-refractivity contribution in [1.29, 1.82) is 0 Å². The Morgan fingerprint density at radius 3 is 2.70 bits per heavy atom. The SMILES string of the molecule is CCOc1cc(C(C)N2CCc3c(cc(Cn4ccnc4N(C)C(=O)O)cc3C(F)F)C2=O)ncc1F. The molecule has 0 aliphatic carbocycles. The average molecular weight is 518 g/mol. The second kappa shape index (κ2) is 10.5. The van der Waals surface area contributed by atoms with Crippen LogP contribution in [-0.4, -0.2) is 56.7 Å². The molecule has 2 amide bonds. The molecule has 3 heterocycles. The zero-order chi connectivity index (χ0) is 26.9. The number of carbonyl (C=O) groups excluding carboxylic acids is 1. The van der Waals surface area contributed by atoms with E-state index in [1.54, 1.807) is 19.9 Å². The molecule has 1 N–H and O–H groups in total. The summed E-state index contributed by atoms with van der Waals surface area (Å²) in [5.74, 6) is -0.936. The second-order valence-electron chi connectivity index (χ2n) is 8.61. The van der Waals surface area contributed by atoms with Crippen molar-refractivity contribution in [1.82, 2.24) is 19.4 Å². The van der Waals surface area contributed by atoms with Gasteiger partial charge in [0.05, 0.1) is 31.1 Å². The molecule has 0 fully saturated rings. The number of aromatic nitrogens is 3. The van der Waals surface area contributed by atoms with Gasteiger partial charge in [-0.25, -0.2) is 22.9 Å². The average Bonchev–Trinajstić information content (AvgIpc) is 3.32. The Morgan fingerprint density at radius 2 is 2.03 bits per heavy atom. The van der Waals surface area contributed by atoms with Crippen molar-refractivity contribution in [3.05, 3.63) is 70.6 Å². The summed E-state index contributed by atoms with van der Waals surface area (Å²) in [7, 11) is 1.32. The summed E-state index contributed by atoms with van der Waals surface area (Å²) >= 11 is 0. The molecule has 0 saturated carbocycles. The first-order valence-corrected chi connectivity index (χ1v) is 11.6. The maximum absolute atomic E-state index is 14.0. The van der Waals surface area contributed by atoms with Crippen molar-refractivity contribution < 1.29 is 32.6 Å². The van der Waals surface area contributed by atoms with Crippen LogP contribution in [0.3, 0.4) is 0 Å². The van der Waals surface area contributed by atoms with Gasteiger partial charge in [-0.3, -0.25) is 14.7 Å². The van der Waals surface area contributed by atoms with Crippen molar-refractivity contribution in [3.63, 3.8) is 0 Å². The molecule has 0 spiro atoms. The molecule has 1 aliphatic heterocycles. The molecule has 1 aromatic carbocycles. The topological polar surface area (TPSA) is 101 Å². The molecule has 37 heavy (non-hydrogen) atoms. The maximum Gasteiger partial charge on any atom is 0.413 e. The van der Waals surface area contributed by atoms with Crippen molar-refractivity contribution >= 4 is 17.9 Å². The van der Waals surface area contributed by atoms with Gasteiger partial charge in [0.15, 0.2) is 11.6 Å². The number of carbonyl (C=O) groups is 2. The Balaban J connectivity index is 1.68. The number of fused-ring (bicyclic) bond motifs is 1. The van der Waals surface area contributed by atoms with Crippen LogP contribution < -0.4 is 9.64 Å². The standard InChI is InChI=1S/C25H26F3N5O4/c1-4-37-21-11-20(30-12-19(21)26)14(2)33-7-5-16-17(22(27)28)9-15(10-18(16)23(33)34)13-32-8-6-29-24(32)31(3)25(35)36/h6,8-12,14,22H,4-5,7,13H2,1-3H3,(H,35,36). The van der Waals surface area contributed by atoms with E-state index in [0.29, 0.717) is 11.3 Å². The van der Waals surface area contributed by atoms with Crippen LogP contribution in [0.4, 0.5) is 23.9 Å². The summed E-state index contributed by atoms with van der Waals surface area (Å²) in [5, 5.41) is 9.28. The fraction of sp³-hybridized carbons (Fsp3) is 0.360. The number of hydrogen-bond acceptors (Lipinski definition) is 5. The van der Waals surface area contributed by atoms with E-state index in [0.717, 1.165) is 11.1 Å². The first-order valence-electron chi connectivity index (χ1n) is 11.6. The molecule has 9 nitrogen and oxygen atoms in total. The Kier molecular flexibility index (Phi) is 7.37. The van der Waals surface area contributed by atoms with Crippen LogP contribution >= 0.6 is 0 Å². The van der Waals surface area contributed by atoms with E-state index in [-0.39, 0.29) is 54.5 Å². The number of imidazole rings is 1. The Bertz CT molecular complexity index is 1330. The summed E-state index contributed by atoms with van der Waals surface area (Å²) in [6.45, 7) is 3.92. The van der Waals surface area contributed by atoms with Gasteiger partial charge in [0.1, 0.15) is 0 Å². The van der Waals surface area contributed by atoms with E-state index >= 15 is 0 Å². The lowest BCUT2D eigenvalue weighted by molar-refractivity contribution is 0.0665. The van der Waals surface area contributed by atoms with Crippen molar-refractivity contribution in [2.45, 2.75) is 39.3 Å². The third-order valence-corrected chi connectivity index (χ3v) is 6.34. The van der Waals surface area contributed by atoms with Crippen LogP contribution in [-0.2, 0) is 13.0 Å². The smallest absolute Gasteiger partial charge is 0.413 e. The van der Waals surface area contributed by atoms with Gasteiger partial charge in [-0.15, -0.1) is 0 Å². The fourth-order valence-electron chi connectivity index (χ4n) is 4.47. The summed E-state index contributed by atoms with van der Waals surface area (Å²) in [5.41, 5.74) is 0.995. The van der Waals surface area contributed by atoms with Crippen LogP contribution in [0.15, 0.2) is 36.8 Å². The van der Waals surface area contributed by atoms with Crippen LogP contribution in [0.5, 0.6) is 5.75 Å². The third-order valence-electron chi connectivity index (χ3n) is 6.34. The fourth-order valence-corrected chi connectivity index (χ4v) is 4.47. The Labute approximate surface area is 211 Å². The normalized spacial score (nSPS) is 14.0. The zero-order valence-electron chi connectivity index (χ0n) is 20.5. The van der Waals surface area contributed by atoms with Crippen LogP contribution in [0.1, 0.15) is 59.1 Å². The van der Waals surface area contributed by atoms with E-state index in [1.807, 2.05) is 0 Å². The Hall–Kier alpha value is -4.09. The van der Waals surface area contributed by atoms with Gasteiger partial charge in [0.25, 0.3) is 12.3 Å². The van der Waals surface area contributed by atoms with Crippen LogP contribution in [0, 0.1) is 5.82 Å². The van der Waals surface area contributed by atoms with Gasteiger partial charge in [0, 0.05) is 43.2 Å². The molecule has 0 bridgehead atoms. The highest BCUT2D eigenvalue weighted by atomic mass is 19.3. The third kappa shape index (κ3) is 5.09. The number of hydrogen-bond donors (Lipinski definition) is 1. The number of alkyl halides is 2. The molecule has 0 radical (unpaired) electrons. The molecule has 196 valence electrons. The quantitative estimate of drug-likeness (QED) is 0.466. The lowest BCUT2D eigenvalue weighted by Crippen LogP contribution is -2.40. The van der Waals surface area contributed by atoms with Gasteiger partial charge in [-0.1, -0.05) is 0 Å². The van der Waals surface area contributed by atoms with Gasteiger partial charge >= 0.3 is 6.09 Å². The number of carboxylic acid groups (broad SMARTS) is 1. The minimum atomic E-state index is -2.80. The largest absolute Gasteiger partial charge is 0.491 e. The van der Waals surface area contributed by atoms with Crippen LogP contribution in [0.2, 0.25) is 0 Å². The lowest BCUT2D eigenvalue weighted by Gasteiger charge is -2.34. The van der Waals surface area contributed by atoms with Crippen molar-refractivity contribution in [3.8, 4) is 5.75 Å². The molecule has 2 aromatic heterocycles. The number of pyridine rings is 1. The predicted molar refractivity (Wildman–Crippen MR) is 128 cm³/mol. The monoisotopic (exact) mass is 517 g/mol. The van der Waals surface area contributed by atoms with Crippen LogP contribution in [0.25, 0.3) is 0 Å². The van der Waals surface area contributed by atoms with Crippen molar-refractivity contribution in [2.75, 3.05) is 25.1 Å². The highest BCUT2D eigenvalue weighted by molar-refractivity contribution is 5.97. The number of rotatable bonds is 8. The van der Waals surface area contributed by atoms with E-state index in [9.17, 15) is 27.9 Å². The van der Waals surface area contributed by atoms with Gasteiger partial charge in [-0.05, 0) is 43.5 Å². The molecule has 12 heteroatoms. The molecular weight excluding hydrogens is 491 g/mol. The number of benzene rings is 1. The lowest BCUT2D eigenvalue weighted by atomic mass is 9.90. The number of nitrogens with zero attached hydrogens (tertiary/aromatic N) is 5. The molecule has 4 rings (SSSR count). The van der Waals surface area contributed by atoms with Gasteiger partial charge in [0.2, 0.25) is 5.95 Å². The van der Waals surface area contributed by atoms with E-state index < -0.39 is 30.3 Å². The maximum atomic E-state index is 14.0. The number of amides is 2. The first kappa shape index (κ1) is 26.0. The molecular formula is C25H26F3N5O4. The highest BCUT2D eigenvalue weighted by Crippen LogP contribution is 2.35. The highest BCUT2D eigenvalue weighted by Gasteiger charge is 2.33. The second-order valence-corrected chi connectivity index (χ2v) is 8.61. The van der Waals surface area contributed by atoms with E-state index in [2.05, 4.69) is 9.97 Å². The minimum absolute atomic E-state index is 0.0222.